The SMILES string of the molecule is CC1CC(O)C(O)c2ccccc21. The Morgan fingerprint density at radius 3 is 2.46 bits per heavy atom. The van der Waals surface area contributed by atoms with Crippen molar-refractivity contribution >= 4 is 0 Å². The second-order valence-electron chi connectivity index (χ2n) is 3.78. The molecule has 0 saturated carbocycles. The Balaban J connectivity index is 2.47. The number of hydrogen-bond donors (Lipinski definition) is 2. The van der Waals surface area contributed by atoms with E-state index in [1.807, 2.05) is 24.3 Å². The van der Waals surface area contributed by atoms with E-state index in [9.17, 15) is 10.2 Å². The summed E-state index contributed by atoms with van der Waals surface area (Å²) in [5, 5.41) is 19.2. The third-order valence-corrected chi connectivity index (χ3v) is 2.81. The highest BCUT2D eigenvalue weighted by molar-refractivity contribution is 5.34. The van der Waals surface area contributed by atoms with Gasteiger partial charge in [0.1, 0.15) is 6.10 Å². The summed E-state index contributed by atoms with van der Waals surface area (Å²) in [4.78, 5) is 0. The van der Waals surface area contributed by atoms with E-state index in [1.54, 1.807) is 0 Å². The van der Waals surface area contributed by atoms with Crippen LogP contribution in [0.15, 0.2) is 24.3 Å². The lowest BCUT2D eigenvalue weighted by Gasteiger charge is -2.30. The molecule has 1 aliphatic carbocycles. The van der Waals surface area contributed by atoms with E-state index in [4.69, 9.17) is 0 Å². The molecule has 0 saturated heterocycles. The Labute approximate surface area is 77.8 Å². The van der Waals surface area contributed by atoms with Crippen LogP contribution in [-0.2, 0) is 0 Å². The molecular weight excluding hydrogens is 164 g/mol. The predicted molar refractivity (Wildman–Crippen MR) is 50.4 cm³/mol. The van der Waals surface area contributed by atoms with Gasteiger partial charge in [-0.1, -0.05) is 31.2 Å². The van der Waals surface area contributed by atoms with Crippen LogP contribution in [0.4, 0.5) is 0 Å². The molecule has 1 aromatic carbocycles. The summed E-state index contributed by atoms with van der Waals surface area (Å²) in [5.74, 6) is 0.342. The minimum atomic E-state index is -0.701. The van der Waals surface area contributed by atoms with Crippen LogP contribution in [0.5, 0.6) is 0 Å². The number of rotatable bonds is 0. The van der Waals surface area contributed by atoms with E-state index >= 15 is 0 Å². The fraction of sp³-hybridized carbons (Fsp3) is 0.455. The lowest BCUT2D eigenvalue weighted by Crippen LogP contribution is -2.26. The third kappa shape index (κ3) is 1.36. The van der Waals surface area contributed by atoms with Crippen LogP contribution in [0.3, 0.4) is 0 Å². The van der Waals surface area contributed by atoms with Gasteiger partial charge in [-0.05, 0) is 23.5 Å². The average molecular weight is 178 g/mol. The normalized spacial score (nSPS) is 32.7. The fourth-order valence-corrected chi connectivity index (χ4v) is 2.05. The summed E-state index contributed by atoms with van der Waals surface area (Å²) in [6.45, 7) is 2.08. The Kier molecular flexibility index (Phi) is 2.10. The van der Waals surface area contributed by atoms with Crippen molar-refractivity contribution < 1.29 is 10.2 Å². The predicted octanol–water partition coefficient (Wildman–Crippen LogP) is 1.59. The molecule has 0 fully saturated rings. The van der Waals surface area contributed by atoms with E-state index in [-0.39, 0.29) is 0 Å². The first kappa shape index (κ1) is 8.73. The van der Waals surface area contributed by atoms with Crippen molar-refractivity contribution in [1.29, 1.82) is 0 Å². The van der Waals surface area contributed by atoms with Gasteiger partial charge in [0.25, 0.3) is 0 Å². The Morgan fingerprint density at radius 1 is 1.15 bits per heavy atom. The zero-order valence-electron chi connectivity index (χ0n) is 7.64. The van der Waals surface area contributed by atoms with E-state index < -0.39 is 12.2 Å². The first-order chi connectivity index (χ1) is 6.20. The lowest BCUT2D eigenvalue weighted by atomic mass is 9.81. The van der Waals surface area contributed by atoms with Crippen LogP contribution in [0.25, 0.3) is 0 Å². The standard InChI is InChI=1S/C11H14O2/c1-7-6-10(12)11(13)9-5-3-2-4-8(7)9/h2-5,7,10-13H,6H2,1H3. The van der Waals surface area contributed by atoms with E-state index in [0.717, 1.165) is 5.56 Å². The van der Waals surface area contributed by atoms with Crippen molar-refractivity contribution in [2.24, 2.45) is 0 Å². The molecule has 2 heteroatoms. The first-order valence-electron chi connectivity index (χ1n) is 4.65. The quantitative estimate of drug-likeness (QED) is 0.633. The van der Waals surface area contributed by atoms with Gasteiger partial charge in [-0.3, -0.25) is 0 Å². The molecule has 0 amide bonds. The van der Waals surface area contributed by atoms with Crippen molar-refractivity contribution in [2.45, 2.75) is 31.5 Å². The summed E-state index contributed by atoms with van der Waals surface area (Å²) >= 11 is 0. The summed E-state index contributed by atoms with van der Waals surface area (Å²) in [5.41, 5.74) is 2.05. The van der Waals surface area contributed by atoms with E-state index in [2.05, 4.69) is 6.92 Å². The van der Waals surface area contributed by atoms with Crippen LogP contribution in [0.2, 0.25) is 0 Å². The molecule has 0 bridgehead atoms. The molecule has 1 aromatic rings. The highest BCUT2D eigenvalue weighted by Crippen LogP contribution is 2.36. The van der Waals surface area contributed by atoms with Gasteiger partial charge in [0.05, 0.1) is 6.10 Å². The summed E-state index contributed by atoms with van der Waals surface area (Å²) < 4.78 is 0. The molecule has 0 radical (unpaired) electrons. The number of aliphatic hydroxyl groups is 2. The summed E-state index contributed by atoms with van der Waals surface area (Å²) in [6.07, 6.45) is -0.657. The monoisotopic (exact) mass is 178 g/mol. The molecule has 3 atom stereocenters. The Hall–Kier alpha value is -0.860. The van der Waals surface area contributed by atoms with Gasteiger partial charge in [-0.2, -0.15) is 0 Å². The van der Waals surface area contributed by atoms with Crippen LogP contribution >= 0.6 is 0 Å². The maximum Gasteiger partial charge on any atom is 0.105 e. The number of fused-ring (bicyclic) bond motifs is 1. The maximum absolute atomic E-state index is 9.70. The number of benzene rings is 1. The third-order valence-electron chi connectivity index (χ3n) is 2.81. The van der Waals surface area contributed by atoms with E-state index in [0.29, 0.717) is 12.3 Å². The molecule has 3 unspecified atom stereocenters. The topological polar surface area (TPSA) is 40.5 Å². The van der Waals surface area contributed by atoms with E-state index in [1.165, 1.54) is 5.56 Å². The fourth-order valence-electron chi connectivity index (χ4n) is 2.05. The second-order valence-corrected chi connectivity index (χ2v) is 3.78. The lowest BCUT2D eigenvalue weighted by molar-refractivity contribution is 0.00148. The van der Waals surface area contributed by atoms with Crippen LogP contribution in [-0.4, -0.2) is 16.3 Å². The second kappa shape index (κ2) is 3.13. The minimum absolute atomic E-state index is 0.342. The Bertz CT molecular complexity index is 309. The average Bonchev–Trinajstić information content (AvgIpc) is 2.15. The van der Waals surface area contributed by atoms with Gasteiger partial charge in [0, 0.05) is 0 Å². The zero-order valence-corrected chi connectivity index (χ0v) is 7.64. The van der Waals surface area contributed by atoms with Crippen molar-refractivity contribution in [1.82, 2.24) is 0 Å². The summed E-state index contributed by atoms with van der Waals surface area (Å²) in [6, 6.07) is 7.78. The van der Waals surface area contributed by atoms with Gasteiger partial charge < -0.3 is 10.2 Å². The Morgan fingerprint density at radius 2 is 1.77 bits per heavy atom. The van der Waals surface area contributed by atoms with Gasteiger partial charge in [0.15, 0.2) is 0 Å². The minimum Gasteiger partial charge on any atom is -0.390 e. The molecule has 2 rings (SSSR count). The highest BCUT2D eigenvalue weighted by Gasteiger charge is 2.29. The number of aliphatic hydroxyl groups excluding tert-OH is 2. The highest BCUT2D eigenvalue weighted by atomic mass is 16.3. The van der Waals surface area contributed by atoms with Gasteiger partial charge in [-0.25, -0.2) is 0 Å². The van der Waals surface area contributed by atoms with Crippen LogP contribution < -0.4 is 0 Å². The smallest absolute Gasteiger partial charge is 0.105 e. The zero-order chi connectivity index (χ0) is 9.42. The van der Waals surface area contributed by atoms with Gasteiger partial charge >= 0.3 is 0 Å². The van der Waals surface area contributed by atoms with Crippen molar-refractivity contribution in [3.8, 4) is 0 Å². The van der Waals surface area contributed by atoms with Gasteiger partial charge in [-0.15, -0.1) is 0 Å². The molecule has 2 nitrogen and oxygen atoms in total. The molecular formula is C11H14O2. The molecule has 0 aliphatic heterocycles. The molecule has 0 heterocycles. The van der Waals surface area contributed by atoms with Crippen LogP contribution in [0, 0.1) is 0 Å². The van der Waals surface area contributed by atoms with Crippen molar-refractivity contribution in [3.63, 3.8) is 0 Å². The van der Waals surface area contributed by atoms with Crippen molar-refractivity contribution in [3.05, 3.63) is 35.4 Å². The number of hydrogen-bond acceptors (Lipinski definition) is 2. The summed E-state index contributed by atoms with van der Waals surface area (Å²) in [7, 11) is 0. The maximum atomic E-state index is 9.70. The molecule has 13 heavy (non-hydrogen) atoms. The van der Waals surface area contributed by atoms with Gasteiger partial charge in [0.2, 0.25) is 0 Å². The first-order valence-corrected chi connectivity index (χ1v) is 4.65. The largest absolute Gasteiger partial charge is 0.390 e. The molecule has 70 valence electrons. The molecule has 1 aliphatic rings. The molecule has 2 N–H and O–H groups in total. The van der Waals surface area contributed by atoms with Crippen molar-refractivity contribution in [2.75, 3.05) is 0 Å². The van der Waals surface area contributed by atoms with Crippen LogP contribution in [0.1, 0.15) is 36.5 Å². The molecule has 0 spiro atoms. The molecule has 0 aromatic heterocycles.